The molecular weight excluding hydrogens is 136 g/mol. The molecule has 1 heterocycles. The third-order valence-corrected chi connectivity index (χ3v) is 5.93. The fourth-order valence-corrected chi connectivity index (χ4v) is 5.99. The van der Waals surface area contributed by atoms with Crippen LogP contribution >= 0.6 is 0 Å². The molecule has 0 aromatic heterocycles. The minimum absolute atomic E-state index is 0.792. The van der Waals surface area contributed by atoms with Crippen LogP contribution in [0.4, 0.5) is 0 Å². The molecule has 0 amide bonds. The Balaban J connectivity index is 1.81. The topological polar surface area (TPSA) is 12.5 Å². The van der Waals surface area contributed by atoms with Crippen molar-refractivity contribution in [1.29, 1.82) is 0 Å². The lowest BCUT2D eigenvalue weighted by Crippen LogP contribution is -2.35. The summed E-state index contributed by atoms with van der Waals surface area (Å²) in [4.78, 5) is 0. The summed E-state index contributed by atoms with van der Waals surface area (Å²) in [6, 6.07) is 0. The second-order valence-corrected chi connectivity index (χ2v) is 5.68. The Hall–Kier alpha value is -0.0400. The van der Waals surface area contributed by atoms with E-state index < -0.39 is 0 Å². The monoisotopic (exact) mass is 146 g/mol. The fourth-order valence-electron chi connectivity index (χ4n) is 5.99. The van der Waals surface area contributed by atoms with Crippen LogP contribution < -0.4 is 0 Å². The summed E-state index contributed by atoms with van der Waals surface area (Å²) in [6.45, 7) is 0. The van der Waals surface area contributed by atoms with E-state index in [1.807, 2.05) is 0 Å². The molecule has 6 atom stereocenters. The van der Waals surface area contributed by atoms with Crippen molar-refractivity contribution < 1.29 is 4.74 Å². The second kappa shape index (κ2) is 0.834. The van der Waals surface area contributed by atoms with Gasteiger partial charge in [0.2, 0.25) is 0 Å². The van der Waals surface area contributed by atoms with E-state index in [-0.39, 0.29) is 0 Å². The molecule has 0 radical (unpaired) electrons. The highest BCUT2D eigenvalue weighted by atomic mass is 16.6. The number of hydrogen-bond acceptors (Lipinski definition) is 1. The van der Waals surface area contributed by atoms with E-state index in [2.05, 4.69) is 0 Å². The molecule has 7 fully saturated rings. The SMILES string of the molecule is O1C2C1C1C3C4C2C2C1C2C43. The number of rotatable bonds is 0. The fraction of sp³-hybridized carbons (Fsp3) is 1.00. The highest BCUT2D eigenvalue weighted by Gasteiger charge is 2.94. The van der Waals surface area contributed by atoms with E-state index in [1.54, 1.807) is 0 Å². The molecule has 1 saturated heterocycles. The molecule has 1 nitrogen and oxygen atoms in total. The maximum absolute atomic E-state index is 5.78. The van der Waals surface area contributed by atoms with Gasteiger partial charge in [-0.05, 0) is 47.3 Å². The second-order valence-electron chi connectivity index (χ2n) is 5.68. The van der Waals surface area contributed by atoms with Crippen LogP contribution in [0.15, 0.2) is 0 Å². The lowest BCUT2D eigenvalue weighted by molar-refractivity contribution is 0.186. The van der Waals surface area contributed by atoms with Gasteiger partial charge in [-0.25, -0.2) is 0 Å². The van der Waals surface area contributed by atoms with Gasteiger partial charge in [-0.15, -0.1) is 0 Å². The Morgan fingerprint density at radius 2 is 0.818 bits per heavy atom. The molecule has 7 rings (SSSR count). The molecule has 6 unspecified atom stereocenters. The molecule has 0 spiro atoms. The van der Waals surface area contributed by atoms with Gasteiger partial charge in [0, 0.05) is 0 Å². The summed E-state index contributed by atoms with van der Waals surface area (Å²) in [7, 11) is 0. The van der Waals surface area contributed by atoms with Gasteiger partial charge in [-0.2, -0.15) is 0 Å². The zero-order valence-corrected chi connectivity index (χ0v) is 6.18. The van der Waals surface area contributed by atoms with Gasteiger partial charge in [0.25, 0.3) is 0 Å². The van der Waals surface area contributed by atoms with Crippen molar-refractivity contribution in [3.05, 3.63) is 0 Å². The van der Waals surface area contributed by atoms with E-state index in [0.717, 1.165) is 24.0 Å². The quantitative estimate of drug-likeness (QED) is 0.459. The molecule has 0 aromatic rings. The predicted octanol–water partition coefficient (Wildman–Crippen LogP) is 0.751. The molecule has 7 aliphatic rings. The first-order chi connectivity index (χ1) is 5.48. The Labute approximate surface area is 65.1 Å². The van der Waals surface area contributed by atoms with Crippen LogP contribution in [0.5, 0.6) is 0 Å². The average Bonchev–Trinajstić information content (AvgIpc) is 2.82. The van der Waals surface area contributed by atoms with Crippen molar-refractivity contribution in [2.45, 2.75) is 12.2 Å². The summed E-state index contributed by atoms with van der Waals surface area (Å²) in [5.74, 6) is 9.47. The van der Waals surface area contributed by atoms with Gasteiger partial charge in [0.15, 0.2) is 0 Å². The smallest absolute Gasteiger partial charge is 0.0878 e. The largest absolute Gasteiger partial charge is 0.369 e. The van der Waals surface area contributed by atoms with Crippen molar-refractivity contribution >= 4 is 0 Å². The first kappa shape index (κ1) is 4.27. The Morgan fingerprint density at radius 1 is 0.455 bits per heavy atom. The van der Waals surface area contributed by atoms with Crippen LogP contribution in [0.25, 0.3) is 0 Å². The lowest BCUT2D eigenvalue weighted by atomic mass is 9.71. The third-order valence-electron chi connectivity index (χ3n) is 5.93. The van der Waals surface area contributed by atoms with Gasteiger partial charge in [-0.3, -0.25) is 0 Å². The molecular formula is C10H10O. The van der Waals surface area contributed by atoms with E-state index in [4.69, 9.17) is 4.74 Å². The Morgan fingerprint density at radius 3 is 1.27 bits per heavy atom. The number of ether oxygens (including phenoxy) is 1. The maximum atomic E-state index is 5.78. The molecule has 56 valence electrons. The van der Waals surface area contributed by atoms with Gasteiger partial charge in [-0.1, -0.05) is 0 Å². The minimum Gasteiger partial charge on any atom is -0.369 e. The summed E-state index contributed by atoms with van der Waals surface area (Å²) >= 11 is 0. The first-order valence-electron chi connectivity index (χ1n) is 5.14. The highest BCUT2D eigenvalue weighted by Crippen LogP contribution is 2.93. The maximum Gasteiger partial charge on any atom is 0.0878 e. The van der Waals surface area contributed by atoms with Gasteiger partial charge < -0.3 is 4.74 Å². The summed E-state index contributed by atoms with van der Waals surface area (Å²) < 4.78 is 5.78. The lowest BCUT2D eigenvalue weighted by Gasteiger charge is -2.30. The summed E-state index contributed by atoms with van der Waals surface area (Å²) in [5.41, 5.74) is 0. The summed E-state index contributed by atoms with van der Waals surface area (Å²) in [6.07, 6.45) is 1.58. The third kappa shape index (κ3) is 0.217. The van der Waals surface area contributed by atoms with E-state index in [1.165, 1.54) is 35.5 Å². The molecule has 2 bridgehead atoms. The number of epoxide rings is 1. The standard InChI is InChI=1S/C10H10O/c11-9-7-3-1-2-5(7)6(2)8(4(1)3)10(9)11/h1-10H. The molecule has 0 aromatic carbocycles. The number of hydrogen-bond donors (Lipinski definition) is 0. The van der Waals surface area contributed by atoms with E-state index in [9.17, 15) is 0 Å². The first-order valence-corrected chi connectivity index (χ1v) is 5.14. The minimum atomic E-state index is 0.792. The molecule has 6 saturated carbocycles. The van der Waals surface area contributed by atoms with Crippen molar-refractivity contribution in [3.63, 3.8) is 0 Å². The van der Waals surface area contributed by atoms with Crippen molar-refractivity contribution in [2.24, 2.45) is 47.3 Å². The normalized spacial score (nSPS) is 100. The zero-order chi connectivity index (χ0) is 6.48. The molecule has 0 N–H and O–H groups in total. The van der Waals surface area contributed by atoms with Crippen molar-refractivity contribution in [2.75, 3.05) is 0 Å². The van der Waals surface area contributed by atoms with E-state index in [0.29, 0.717) is 0 Å². The zero-order valence-electron chi connectivity index (χ0n) is 6.18. The Bertz CT molecular complexity index is 262. The molecule has 1 heteroatoms. The summed E-state index contributed by atoms with van der Waals surface area (Å²) in [5, 5.41) is 0. The van der Waals surface area contributed by atoms with E-state index >= 15 is 0 Å². The van der Waals surface area contributed by atoms with Crippen molar-refractivity contribution in [1.82, 2.24) is 0 Å². The van der Waals surface area contributed by atoms with Crippen molar-refractivity contribution in [3.8, 4) is 0 Å². The molecule has 1 aliphatic heterocycles. The van der Waals surface area contributed by atoms with Crippen LogP contribution in [0.2, 0.25) is 0 Å². The van der Waals surface area contributed by atoms with Gasteiger partial charge in [0.05, 0.1) is 12.2 Å². The van der Waals surface area contributed by atoms with Crippen LogP contribution in [-0.2, 0) is 4.74 Å². The van der Waals surface area contributed by atoms with Crippen LogP contribution in [0.1, 0.15) is 0 Å². The average molecular weight is 146 g/mol. The van der Waals surface area contributed by atoms with Crippen LogP contribution in [-0.4, -0.2) is 12.2 Å². The van der Waals surface area contributed by atoms with Crippen LogP contribution in [0.3, 0.4) is 0 Å². The van der Waals surface area contributed by atoms with Gasteiger partial charge in [0.1, 0.15) is 0 Å². The Kier molecular flexibility index (Phi) is 0.324. The molecule has 11 heavy (non-hydrogen) atoms. The predicted molar refractivity (Wildman–Crippen MR) is 36.6 cm³/mol. The molecule has 6 aliphatic carbocycles. The highest BCUT2D eigenvalue weighted by molar-refractivity contribution is 5.40. The van der Waals surface area contributed by atoms with Crippen LogP contribution in [0, 0.1) is 47.3 Å². The van der Waals surface area contributed by atoms with Gasteiger partial charge >= 0.3 is 0 Å².